The molecule has 2 aromatic rings. The molecule has 0 aliphatic carbocycles. The predicted octanol–water partition coefficient (Wildman–Crippen LogP) is 2.35. The second-order valence-electron chi connectivity index (χ2n) is 6.59. The Morgan fingerprint density at radius 2 is 1.84 bits per heavy atom. The van der Waals surface area contributed by atoms with Crippen molar-refractivity contribution in [3.05, 3.63) is 59.7 Å². The second-order valence-corrected chi connectivity index (χ2v) is 6.59. The first-order valence-corrected chi connectivity index (χ1v) is 8.85. The first kappa shape index (κ1) is 17.5. The van der Waals surface area contributed by atoms with Crippen molar-refractivity contribution in [2.45, 2.75) is 18.8 Å². The van der Waals surface area contributed by atoms with Crippen LogP contribution in [0.3, 0.4) is 0 Å². The minimum absolute atomic E-state index is 0.164. The number of carbonyl (C=O) groups is 1. The van der Waals surface area contributed by atoms with Crippen LogP contribution in [-0.4, -0.2) is 39.6 Å². The largest absolute Gasteiger partial charge is 0.493 e. The number of rotatable bonds is 7. The van der Waals surface area contributed by atoms with Gasteiger partial charge in [0.1, 0.15) is 0 Å². The maximum absolute atomic E-state index is 12.5. The van der Waals surface area contributed by atoms with E-state index < -0.39 is 0 Å². The van der Waals surface area contributed by atoms with Gasteiger partial charge >= 0.3 is 0 Å². The Kier molecular flexibility index (Phi) is 5.71. The molecule has 2 atom stereocenters. The number of ether oxygens (including phenoxy) is 2. The number of quaternary nitrogens is 1. The van der Waals surface area contributed by atoms with Crippen molar-refractivity contribution in [1.82, 2.24) is 0 Å². The van der Waals surface area contributed by atoms with Crippen LogP contribution in [0.25, 0.3) is 0 Å². The zero-order valence-corrected chi connectivity index (χ0v) is 15.0. The van der Waals surface area contributed by atoms with E-state index in [0.717, 1.165) is 19.6 Å². The average molecular weight is 340 g/mol. The van der Waals surface area contributed by atoms with Crippen LogP contribution in [0.5, 0.6) is 11.5 Å². The molecule has 0 radical (unpaired) electrons. The Bertz CT molecular complexity index is 714. The lowest BCUT2D eigenvalue weighted by molar-refractivity contribution is -0.887. The third-order valence-corrected chi connectivity index (χ3v) is 5.06. The van der Waals surface area contributed by atoms with E-state index in [1.807, 2.05) is 6.07 Å². The molecule has 3 rings (SSSR count). The number of likely N-dealkylation sites (tertiary alicyclic amines) is 1. The zero-order valence-electron chi connectivity index (χ0n) is 15.0. The van der Waals surface area contributed by atoms with E-state index in [4.69, 9.17) is 9.47 Å². The van der Waals surface area contributed by atoms with Gasteiger partial charge in [-0.05, 0) is 23.8 Å². The number of benzene rings is 2. The molecule has 0 spiro atoms. The Hall–Kier alpha value is -2.33. The molecule has 2 unspecified atom stereocenters. The van der Waals surface area contributed by atoms with Gasteiger partial charge in [0.25, 0.3) is 0 Å². The van der Waals surface area contributed by atoms with Crippen molar-refractivity contribution in [1.29, 1.82) is 0 Å². The molecule has 1 aliphatic heterocycles. The zero-order chi connectivity index (χ0) is 17.6. The molecule has 0 aromatic heterocycles. The van der Waals surface area contributed by atoms with Crippen molar-refractivity contribution in [3.8, 4) is 11.5 Å². The standard InChI is InChI=1S/C21H25NO3/c1-24-20-9-8-17(14-21(20)25-2)19(23)11-13-22-12-10-18(15-22)16-6-4-3-5-7-16/h3-9,14,18H,10-13,15H2,1-2H3/p+1. The Labute approximate surface area is 149 Å². The summed E-state index contributed by atoms with van der Waals surface area (Å²) >= 11 is 0. The number of carbonyl (C=O) groups excluding carboxylic acids is 1. The fourth-order valence-electron chi connectivity index (χ4n) is 3.61. The van der Waals surface area contributed by atoms with Gasteiger partial charge in [0.2, 0.25) is 0 Å². The highest BCUT2D eigenvalue weighted by Gasteiger charge is 2.27. The fraction of sp³-hybridized carbons (Fsp3) is 0.381. The second kappa shape index (κ2) is 8.17. The molecule has 132 valence electrons. The Balaban J connectivity index is 1.55. The van der Waals surface area contributed by atoms with Crippen LogP contribution in [0.15, 0.2) is 48.5 Å². The molecule has 4 nitrogen and oxygen atoms in total. The molecule has 2 aromatic carbocycles. The molecule has 4 heteroatoms. The van der Waals surface area contributed by atoms with Gasteiger partial charge in [-0.15, -0.1) is 0 Å². The van der Waals surface area contributed by atoms with Gasteiger partial charge in [0.15, 0.2) is 17.3 Å². The third kappa shape index (κ3) is 4.20. The minimum atomic E-state index is 0.164. The van der Waals surface area contributed by atoms with Gasteiger partial charge in [0, 0.05) is 17.9 Å². The normalized spacial score (nSPS) is 19.6. The summed E-state index contributed by atoms with van der Waals surface area (Å²) in [5.74, 6) is 2.03. The SMILES string of the molecule is COc1ccc(C(=O)CC[NH+]2CCC(c3ccccc3)C2)cc1OC. The van der Waals surface area contributed by atoms with Gasteiger partial charge in [-0.3, -0.25) is 4.79 Å². The van der Waals surface area contributed by atoms with Crippen molar-refractivity contribution in [3.63, 3.8) is 0 Å². The summed E-state index contributed by atoms with van der Waals surface area (Å²) in [5.41, 5.74) is 2.11. The first-order valence-electron chi connectivity index (χ1n) is 8.85. The summed E-state index contributed by atoms with van der Waals surface area (Å²) in [5, 5.41) is 0. The number of Topliss-reactive ketones (excluding diaryl/α,β-unsaturated/α-hetero) is 1. The Morgan fingerprint density at radius 1 is 1.08 bits per heavy atom. The summed E-state index contributed by atoms with van der Waals surface area (Å²) in [4.78, 5) is 14.0. The van der Waals surface area contributed by atoms with E-state index in [1.165, 1.54) is 16.9 Å². The van der Waals surface area contributed by atoms with E-state index in [0.29, 0.717) is 29.4 Å². The molecule has 25 heavy (non-hydrogen) atoms. The lowest BCUT2D eigenvalue weighted by Crippen LogP contribution is -3.10. The minimum Gasteiger partial charge on any atom is -0.493 e. The van der Waals surface area contributed by atoms with E-state index in [1.54, 1.807) is 26.4 Å². The summed E-state index contributed by atoms with van der Waals surface area (Å²) in [6.07, 6.45) is 1.76. The molecular weight excluding hydrogens is 314 g/mol. The molecule has 1 fully saturated rings. The lowest BCUT2D eigenvalue weighted by atomic mass is 9.99. The van der Waals surface area contributed by atoms with Crippen LogP contribution >= 0.6 is 0 Å². The maximum atomic E-state index is 12.5. The summed E-state index contributed by atoms with van der Waals surface area (Å²) in [6.45, 7) is 3.14. The third-order valence-electron chi connectivity index (χ3n) is 5.06. The van der Waals surface area contributed by atoms with E-state index in [-0.39, 0.29) is 5.78 Å². The van der Waals surface area contributed by atoms with E-state index in [2.05, 4.69) is 30.3 Å². The summed E-state index contributed by atoms with van der Waals surface area (Å²) in [6, 6.07) is 16.1. The van der Waals surface area contributed by atoms with Crippen LogP contribution in [0.2, 0.25) is 0 Å². The lowest BCUT2D eigenvalue weighted by Gasteiger charge is -2.14. The van der Waals surface area contributed by atoms with Gasteiger partial charge in [-0.1, -0.05) is 30.3 Å². The number of methoxy groups -OCH3 is 2. The molecule has 0 bridgehead atoms. The number of nitrogens with one attached hydrogen (secondary N) is 1. The molecule has 0 saturated carbocycles. The first-order chi connectivity index (χ1) is 12.2. The van der Waals surface area contributed by atoms with E-state index >= 15 is 0 Å². The molecule has 1 N–H and O–H groups in total. The smallest absolute Gasteiger partial charge is 0.168 e. The van der Waals surface area contributed by atoms with Crippen LogP contribution < -0.4 is 14.4 Å². The van der Waals surface area contributed by atoms with E-state index in [9.17, 15) is 4.79 Å². The molecular formula is C21H26NO3+. The number of hydrogen-bond acceptors (Lipinski definition) is 3. The van der Waals surface area contributed by atoms with Crippen LogP contribution in [0.4, 0.5) is 0 Å². The van der Waals surface area contributed by atoms with Crippen LogP contribution in [-0.2, 0) is 0 Å². The monoisotopic (exact) mass is 340 g/mol. The molecule has 0 amide bonds. The summed E-state index contributed by atoms with van der Waals surface area (Å²) in [7, 11) is 3.18. The molecule has 1 heterocycles. The van der Waals surface area contributed by atoms with Gasteiger partial charge in [0.05, 0.1) is 40.3 Å². The fourth-order valence-corrected chi connectivity index (χ4v) is 3.61. The number of hydrogen-bond donors (Lipinski definition) is 1. The molecule has 1 saturated heterocycles. The topological polar surface area (TPSA) is 40.0 Å². The predicted molar refractivity (Wildman–Crippen MR) is 97.9 cm³/mol. The van der Waals surface area contributed by atoms with Crippen molar-refractivity contribution >= 4 is 5.78 Å². The Morgan fingerprint density at radius 3 is 2.56 bits per heavy atom. The van der Waals surface area contributed by atoms with Crippen LogP contribution in [0, 0.1) is 0 Å². The quantitative estimate of drug-likeness (QED) is 0.787. The van der Waals surface area contributed by atoms with Gasteiger partial charge in [-0.25, -0.2) is 0 Å². The average Bonchev–Trinajstić information content (AvgIpc) is 3.15. The van der Waals surface area contributed by atoms with Crippen molar-refractivity contribution < 1.29 is 19.2 Å². The van der Waals surface area contributed by atoms with Crippen LogP contribution in [0.1, 0.15) is 34.7 Å². The van der Waals surface area contributed by atoms with Gasteiger partial charge in [-0.2, -0.15) is 0 Å². The summed E-state index contributed by atoms with van der Waals surface area (Å²) < 4.78 is 10.5. The highest BCUT2D eigenvalue weighted by atomic mass is 16.5. The highest BCUT2D eigenvalue weighted by Crippen LogP contribution is 2.28. The molecule has 1 aliphatic rings. The van der Waals surface area contributed by atoms with Gasteiger partial charge < -0.3 is 14.4 Å². The van der Waals surface area contributed by atoms with Crippen molar-refractivity contribution in [2.75, 3.05) is 33.9 Å². The van der Waals surface area contributed by atoms with Crippen molar-refractivity contribution in [2.24, 2.45) is 0 Å². The number of ketones is 1. The maximum Gasteiger partial charge on any atom is 0.168 e. The highest BCUT2D eigenvalue weighted by molar-refractivity contribution is 5.96.